The van der Waals surface area contributed by atoms with E-state index in [9.17, 15) is 0 Å². The maximum absolute atomic E-state index is 6.64. The normalized spacial score (nSPS) is 13.0. The molecular weight excluding hydrogens is 753 g/mol. The van der Waals surface area contributed by atoms with Crippen LogP contribution in [0, 0.1) is 0 Å². The van der Waals surface area contributed by atoms with Gasteiger partial charge in [-0.15, -0.1) is 0 Å². The van der Waals surface area contributed by atoms with Crippen molar-refractivity contribution in [2.75, 3.05) is 0 Å². The van der Waals surface area contributed by atoms with E-state index in [-0.39, 0.29) is 0 Å². The highest BCUT2D eigenvalue weighted by atomic mass is 16.3. The number of nitrogens with zero attached hydrogens (tertiary/aromatic N) is 2. The molecule has 0 radical (unpaired) electrons. The minimum Gasteiger partial charge on any atom is -0.455 e. The molecule has 0 saturated carbocycles. The van der Waals surface area contributed by atoms with Gasteiger partial charge in [0.15, 0.2) is 5.82 Å². The number of hydrogen-bond donors (Lipinski definition) is 0. The molecule has 0 fully saturated rings. The Morgan fingerprint density at radius 1 is 0.306 bits per heavy atom. The number of benzene rings is 9. The van der Waals surface area contributed by atoms with Gasteiger partial charge >= 0.3 is 0 Å². The van der Waals surface area contributed by atoms with Gasteiger partial charge in [0.1, 0.15) is 11.2 Å². The van der Waals surface area contributed by atoms with Gasteiger partial charge in [0, 0.05) is 27.5 Å². The van der Waals surface area contributed by atoms with Crippen molar-refractivity contribution in [3.05, 3.63) is 241 Å². The van der Waals surface area contributed by atoms with E-state index < -0.39 is 5.41 Å². The topological polar surface area (TPSA) is 38.9 Å². The van der Waals surface area contributed by atoms with Gasteiger partial charge in [-0.05, 0) is 91.0 Å². The quantitative estimate of drug-likeness (QED) is 0.178. The largest absolute Gasteiger partial charge is 0.455 e. The molecule has 1 spiro atoms. The number of para-hydroxylation sites is 2. The van der Waals surface area contributed by atoms with Crippen molar-refractivity contribution in [1.82, 2.24) is 9.97 Å². The highest BCUT2D eigenvalue weighted by Gasteiger charge is 2.49. The lowest BCUT2D eigenvalue weighted by atomic mass is 9.65. The first-order chi connectivity index (χ1) is 30.8. The van der Waals surface area contributed by atoms with Gasteiger partial charge in [-0.25, -0.2) is 9.97 Å². The highest BCUT2D eigenvalue weighted by Crippen LogP contribution is 2.61. The first-order valence-electron chi connectivity index (χ1n) is 21.2. The van der Waals surface area contributed by atoms with E-state index in [1.54, 1.807) is 0 Å². The number of furan rings is 1. The minimum atomic E-state index is -0.605. The van der Waals surface area contributed by atoms with Gasteiger partial charge in [-0.2, -0.15) is 0 Å². The molecular formula is C59H36N2O. The Morgan fingerprint density at radius 3 is 1.50 bits per heavy atom. The third-order valence-electron chi connectivity index (χ3n) is 13.2. The van der Waals surface area contributed by atoms with Gasteiger partial charge in [0.05, 0.1) is 16.8 Å². The van der Waals surface area contributed by atoms with Gasteiger partial charge in [-0.1, -0.05) is 194 Å². The molecule has 9 aromatic carbocycles. The van der Waals surface area contributed by atoms with Crippen molar-refractivity contribution in [1.29, 1.82) is 0 Å². The van der Waals surface area contributed by atoms with Crippen LogP contribution in [0.5, 0.6) is 0 Å². The maximum Gasteiger partial charge on any atom is 0.161 e. The molecule has 3 nitrogen and oxygen atoms in total. The summed E-state index contributed by atoms with van der Waals surface area (Å²) < 4.78 is 6.64. The Bertz CT molecular complexity index is 3530. The molecule has 288 valence electrons. The molecule has 0 bridgehead atoms. The molecule has 0 amide bonds. The summed E-state index contributed by atoms with van der Waals surface area (Å²) in [7, 11) is 0. The van der Waals surface area contributed by atoms with Crippen LogP contribution >= 0.6 is 0 Å². The summed E-state index contributed by atoms with van der Waals surface area (Å²) in [6, 6.07) is 78.7. The molecule has 11 aromatic rings. The SMILES string of the molecule is c1ccc(-c2ccccc2-c2nc(-c3ccc4c(c3)C3(c5ccccc5-c5ccccc5-c5ccccc53)c3ccccc3-4)cc(-c3cccc4c3oc3ccccc34)n2)cc1. The zero-order chi connectivity index (χ0) is 40.8. The minimum absolute atomic E-state index is 0.605. The standard InChI is InChI=1S/C59H36N2O/c1-2-17-37(18-3-1)39-19-4-7-26-48(39)58-60-54(36-55(61-58)49-28-16-27-47-46-25-11-15-32-56(46)62-57(47)49)38-33-34-45-44-24-10-14-31-52(44)59(53(45)35-38)50-29-12-8-22-42(50)40-20-5-6-21-41(40)43-23-9-13-30-51(43)59/h1-36H. The van der Waals surface area contributed by atoms with Crippen LogP contribution in [-0.2, 0) is 5.41 Å². The third kappa shape index (κ3) is 4.94. The van der Waals surface area contributed by atoms with Crippen LogP contribution in [0.25, 0.3) is 100 Å². The van der Waals surface area contributed by atoms with Crippen molar-refractivity contribution >= 4 is 21.9 Å². The zero-order valence-electron chi connectivity index (χ0n) is 33.6. The van der Waals surface area contributed by atoms with E-state index in [2.05, 4.69) is 206 Å². The van der Waals surface area contributed by atoms with Crippen molar-refractivity contribution < 1.29 is 4.42 Å². The molecule has 3 heteroatoms. The van der Waals surface area contributed by atoms with Gasteiger partial charge in [-0.3, -0.25) is 0 Å². The lowest BCUT2D eigenvalue weighted by Crippen LogP contribution is -2.29. The average Bonchev–Trinajstić information content (AvgIpc) is 3.84. The first kappa shape index (κ1) is 34.7. The summed E-state index contributed by atoms with van der Waals surface area (Å²) in [4.78, 5) is 10.9. The molecule has 0 atom stereocenters. The van der Waals surface area contributed by atoms with Crippen LogP contribution in [0.1, 0.15) is 22.3 Å². The van der Waals surface area contributed by atoms with Crippen LogP contribution in [0.4, 0.5) is 0 Å². The number of aromatic nitrogens is 2. The van der Waals surface area contributed by atoms with Gasteiger partial charge in [0.2, 0.25) is 0 Å². The van der Waals surface area contributed by atoms with Crippen molar-refractivity contribution in [3.63, 3.8) is 0 Å². The molecule has 2 heterocycles. The molecule has 0 unspecified atom stereocenters. The summed E-state index contributed by atoms with van der Waals surface area (Å²) in [5, 5.41) is 2.15. The molecule has 0 saturated heterocycles. The summed E-state index contributed by atoms with van der Waals surface area (Å²) in [6.07, 6.45) is 0. The van der Waals surface area contributed by atoms with E-state index in [0.29, 0.717) is 5.82 Å². The predicted octanol–water partition coefficient (Wildman–Crippen LogP) is 15.1. The van der Waals surface area contributed by atoms with Crippen LogP contribution in [-0.4, -0.2) is 9.97 Å². The van der Waals surface area contributed by atoms with Gasteiger partial charge < -0.3 is 4.42 Å². The molecule has 13 rings (SSSR count). The molecule has 0 N–H and O–H groups in total. The highest BCUT2D eigenvalue weighted by molar-refractivity contribution is 6.09. The fourth-order valence-electron chi connectivity index (χ4n) is 10.6. The van der Waals surface area contributed by atoms with Crippen LogP contribution < -0.4 is 0 Å². The Kier molecular flexibility index (Phi) is 7.52. The molecule has 0 aliphatic heterocycles. The van der Waals surface area contributed by atoms with E-state index >= 15 is 0 Å². The molecule has 62 heavy (non-hydrogen) atoms. The maximum atomic E-state index is 6.64. The molecule has 2 aliphatic carbocycles. The van der Waals surface area contributed by atoms with Crippen LogP contribution in [0.15, 0.2) is 223 Å². The van der Waals surface area contributed by atoms with Crippen molar-refractivity contribution in [2.24, 2.45) is 0 Å². The monoisotopic (exact) mass is 788 g/mol. The summed E-state index contributed by atoms with van der Waals surface area (Å²) in [5.74, 6) is 0.657. The van der Waals surface area contributed by atoms with Crippen LogP contribution in [0.2, 0.25) is 0 Å². The lowest BCUT2D eigenvalue weighted by molar-refractivity contribution is 0.670. The van der Waals surface area contributed by atoms with Crippen LogP contribution in [0.3, 0.4) is 0 Å². The zero-order valence-corrected chi connectivity index (χ0v) is 33.6. The fraction of sp³-hybridized carbons (Fsp3) is 0.0169. The second-order valence-electron chi connectivity index (χ2n) is 16.3. The fourth-order valence-corrected chi connectivity index (χ4v) is 10.6. The Balaban J connectivity index is 1.10. The lowest BCUT2D eigenvalue weighted by Gasteiger charge is -2.35. The smallest absolute Gasteiger partial charge is 0.161 e. The van der Waals surface area contributed by atoms with E-state index in [1.165, 1.54) is 55.6 Å². The van der Waals surface area contributed by atoms with Gasteiger partial charge in [0.25, 0.3) is 0 Å². The number of rotatable bonds is 4. The molecule has 2 aliphatic rings. The average molecular weight is 789 g/mol. The number of hydrogen-bond acceptors (Lipinski definition) is 3. The van der Waals surface area contributed by atoms with Crippen molar-refractivity contribution in [3.8, 4) is 78.4 Å². The Morgan fingerprint density at radius 2 is 0.806 bits per heavy atom. The van der Waals surface area contributed by atoms with E-state index in [0.717, 1.165) is 61.1 Å². The summed E-state index contributed by atoms with van der Waals surface area (Å²) in [6.45, 7) is 0. The summed E-state index contributed by atoms with van der Waals surface area (Å²) >= 11 is 0. The van der Waals surface area contributed by atoms with E-state index in [1.807, 2.05) is 12.1 Å². The Hall–Kier alpha value is -8.14. The third-order valence-corrected chi connectivity index (χ3v) is 13.2. The predicted molar refractivity (Wildman–Crippen MR) is 253 cm³/mol. The van der Waals surface area contributed by atoms with Crippen molar-refractivity contribution in [2.45, 2.75) is 5.41 Å². The second-order valence-corrected chi connectivity index (χ2v) is 16.3. The first-order valence-corrected chi connectivity index (χ1v) is 21.2. The number of fused-ring (bicyclic) bond motifs is 15. The molecule has 2 aromatic heterocycles. The van der Waals surface area contributed by atoms with E-state index in [4.69, 9.17) is 14.4 Å². The summed E-state index contributed by atoms with van der Waals surface area (Å²) in [5.41, 5.74) is 20.4. The second kappa shape index (κ2) is 13.4. The Labute approximate surface area is 359 Å².